The second-order valence-corrected chi connectivity index (χ2v) is 5.52. The third-order valence-corrected chi connectivity index (χ3v) is 4.24. The summed E-state index contributed by atoms with van der Waals surface area (Å²) in [5, 5.41) is 3.54. The van der Waals surface area contributed by atoms with Gasteiger partial charge in [-0.1, -0.05) is 18.2 Å². The van der Waals surface area contributed by atoms with Crippen LogP contribution >= 0.6 is 0 Å². The molecule has 1 fully saturated rings. The summed E-state index contributed by atoms with van der Waals surface area (Å²) in [6.07, 6.45) is 3.90. The van der Waals surface area contributed by atoms with E-state index in [-0.39, 0.29) is 0 Å². The van der Waals surface area contributed by atoms with E-state index in [1.807, 2.05) is 0 Å². The molecule has 0 amide bonds. The summed E-state index contributed by atoms with van der Waals surface area (Å²) in [6.45, 7) is 4.72. The first-order valence-electron chi connectivity index (χ1n) is 6.84. The number of nitrogens with one attached hydrogen (secondary N) is 1. The summed E-state index contributed by atoms with van der Waals surface area (Å²) in [6, 6.07) is 6.94. The smallest absolute Gasteiger partial charge is 0.0236 e. The van der Waals surface area contributed by atoms with Gasteiger partial charge in [0.2, 0.25) is 0 Å². The molecule has 3 rings (SSSR count). The topological polar surface area (TPSA) is 15.3 Å². The monoisotopic (exact) mass is 230 g/mol. The molecule has 2 heteroatoms. The Morgan fingerprint density at radius 2 is 2.29 bits per heavy atom. The summed E-state index contributed by atoms with van der Waals surface area (Å²) in [7, 11) is 2.23. The molecule has 0 saturated carbocycles. The van der Waals surface area contributed by atoms with Crippen molar-refractivity contribution in [2.75, 3.05) is 26.7 Å². The zero-order chi connectivity index (χ0) is 11.7. The molecule has 0 radical (unpaired) electrons. The highest BCUT2D eigenvalue weighted by Crippen LogP contribution is 2.30. The summed E-state index contributed by atoms with van der Waals surface area (Å²) >= 11 is 0. The van der Waals surface area contributed by atoms with Gasteiger partial charge in [0.15, 0.2) is 0 Å². The van der Waals surface area contributed by atoms with Crippen LogP contribution in [-0.2, 0) is 13.0 Å². The maximum atomic E-state index is 3.54. The van der Waals surface area contributed by atoms with Crippen LogP contribution in [-0.4, -0.2) is 31.6 Å². The Hall–Kier alpha value is -0.860. The molecular formula is C15H22N2. The van der Waals surface area contributed by atoms with Crippen LogP contribution in [0.3, 0.4) is 0 Å². The lowest BCUT2D eigenvalue weighted by Crippen LogP contribution is -2.32. The van der Waals surface area contributed by atoms with Gasteiger partial charge in [-0.05, 0) is 55.5 Å². The van der Waals surface area contributed by atoms with Gasteiger partial charge < -0.3 is 10.2 Å². The van der Waals surface area contributed by atoms with Gasteiger partial charge in [-0.2, -0.15) is 0 Å². The Labute approximate surface area is 104 Å². The van der Waals surface area contributed by atoms with Crippen LogP contribution in [0, 0.1) is 0 Å². The zero-order valence-corrected chi connectivity index (χ0v) is 10.7. The minimum absolute atomic E-state index is 0.741. The molecule has 1 aromatic carbocycles. The van der Waals surface area contributed by atoms with Crippen molar-refractivity contribution in [3.05, 3.63) is 34.9 Å². The van der Waals surface area contributed by atoms with Crippen LogP contribution in [0.5, 0.6) is 0 Å². The van der Waals surface area contributed by atoms with Crippen molar-refractivity contribution in [3.63, 3.8) is 0 Å². The molecular weight excluding hydrogens is 208 g/mol. The Kier molecular flexibility index (Phi) is 3.17. The maximum absolute atomic E-state index is 3.54. The van der Waals surface area contributed by atoms with E-state index >= 15 is 0 Å². The molecule has 1 unspecified atom stereocenters. The first kappa shape index (κ1) is 11.2. The number of nitrogens with zero attached hydrogens (tertiary/aromatic N) is 1. The third kappa shape index (κ3) is 2.24. The molecule has 92 valence electrons. The van der Waals surface area contributed by atoms with Gasteiger partial charge in [0, 0.05) is 19.6 Å². The Balaban J connectivity index is 1.93. The number of hydrogen-bond donors (Lipinski definition) is 1. The molecule has 1 atom stereocenters. The van der Waals surface area contributed by atoms with E-state index in [0.29, 0.717) is 0 Å². The van der Waals surface area contributed by atoms with Gasteiger partial charge in [-0.15, -0.1) is 0 Å². The lowest BCUT2D eigenvalue weighted by molar-refractivity contribution is 0.309. The van der Waals surface area contributed by atoms with Crippen molar-refractivity contribution in [1.82, 2.24) is 10.2 Å². The van der Waals surface area contributed by atoms with Crippen molar-refractivity contribution < 1.29 is 0 Å². The van der Waals surface area contributed by atoms with Crippen LogP contribution in [0.4, 0.5) is 0 Å². The maximum Gasteiger partial charge on any atom is 0.0236 e. The van der Waals surface area contributed by atoms with Crippen molar-refractivity contribution in [3.8, 4) is 0 Å². The average Bonchev–Trinajstić information content (AvgIpc) is 2.39. The average molecular weight is 230 g/mol. The lowest BCUT2D eigenvalue weighted by atomic mass is 9.84. The largest absolute Gasteiger partial charge is 0.316 e. The molecule has 0 spiro atoms. The number of fused-ring (bicyclic) bond motifs is 1. The third-order valence-electron chi connectivity index (χ3n) is 4.24. The normalized spacial score (nSPS) is 25.6. The van der Waals surface area contributed by atoms with Crippen LogP contribution in [0.2, 0.25) is 0 Å². The molecule has 1 aromatic rings. The van der Waals surface area contributed by atoms with Crippen molar-refractivity contribution >= 4 is 0 Å². The van der Waals surface area contributed by atoms with Gasteiger partial charge in [-0.25, -0.2) is 0 Å². The van der Waals surface area contributed by atoms with Crippen molar-refractivity contribution in [2.45, 2.75) is 31.7 Å². The Morgan fingerprint density at radius 3 is 3.12 bits per heavy atom. The highest BCUT2D eigenvalue weighted by Gasteiger charge is 2.22. The molecule has 1 saturated heterocycles. The summed E-state index contributed by atoms with van der Waals surface area (Å²) in [5.41, 5.74) is 4.82. The van der Waals surface area contributed by atoms with Gasteiger partial charge in [0.1, 0.15) is 0 Å². The number of benzene rings is 1. The molecule has 0 bridgehead atoms. The van der Waals surface area contributed by atoms with E-state index in [1.165, 1.54) is 38.9 Å². The second-order valence-electron chi connectivity index (χ2n) is 5.52. The predicted molar refractivity (Wildman–Crippen MR) is 71.3 cm³/mol. The van der Waals surface area contributed by atoms with Crippen LogP contribution < -0.4 is 5.32 Å². The fourth-order valence-electron chi connectivity index (χ4n) is 3.24. The summed E-state index contributed by atoms with van der Waals surface area (Å²) in [4.78, 5) is 2.45. The fraction of sp³-hybridized carbons (Fsp3) is 0.600. The van der Waals surface area contributed by atoms with E-state index in [1.54, 1.807) is 16.7 Å². The number of likely N-dealkylation sites (N-methyl/N-ethyl adjacent to an activating group) is 1. The van der Waals surface area contributed by atoms with Crippen molar-refractivity contribution in [2.24, 2.45) is 0 Å². The van der Waals surface area contributed by atoms with Gasteiger partial charge in [-0.3, -0.25) is 0 Å². The standard InChI is InChI=1S/C15H22N2/c1-17-9-7-12-4-2-6-14(15(12)11-17)13-5-3-8-16-10-13/h2,4,6,13,16H,3,5,7-11H2,1H3. The number of hydrogen-bond acceptors (Lipinski definition) is 2. The quantitative estimate of drug-likeness (QED) is 0.795. The zero-order valence-electron chi connectivity index (χ0n) is 10.7. The first-order valence-corrected chi connectivity index (χ1v) is 6.84. The highest BCUT2D eigenvalue weighted by molar-refractivity contribution is 5.39. The number of piperidine rings is 1. The highest BCUT2D eigenvalue weighted by atomic mass is 15.1. The molecule has 2 aliphatic rings. The minimum atomic E-state index is 0.741. The summed E-state index contributed by atoms with van der Waals surface area (Å²) < 4.78 is 0. The van der Waals surface area contributed by atoms with Crippen molar-refractivity contribution in [1.29, 1.82) is 0 Å². The number of rotatable bonds is 1. The first-order chi connectivity index (χ1) is 8.34. The van der Waals surface area contributed by atoms with Crippen LogP contribution in [0.15, 0.2) is 18.2 Å². The van der Waals surface area contributed by atoms with E-state index in [4.69, 9.17) is 0 Å². The molecule has 2 heterocycles. The van der Waals surface area contributed by atoms with Crippen LogP contribution in [0.1, 0.15) is 35.4 Å². The lowest BCUT2D eigenvalue weighted by Gasteiger charge is -2.31. The van der Waals surface area contributed by atoms with Gasteiger partial charge in [0.05, 0.1) is 0 Å². The molecule has 0 aliphatic carbocycles. The molecule has 1 N–H and O–H groups in total. The summed E-state index contributed by atoms with van der Waals surface area (Å²) in [5.74, 6) is 0.741. The van der Waals surface area contributed by atoms with E-state index < -0.39 is 0 Å². The Bertz CT molecular complexity index is 394. The predicted octanol–water partition coefficient (Wildman–Crippen LogP) is 2.14. The molecule has 17 heavy (non-hydrogen) atoms. The molecule has 0 aromatic heterocycles. The van der Waals surface area contributed by atoms with Crippen LogP contribution in [0.25, 0.3) is 0 Å². The molecule has 2 nitrogen and oxygen atoms in total. The SMILES string of the molecule is CN1CCc2cccc(C3CCCNC3)c2C1. The Morgan fingerprint density at radius 1 is 1.35 bits per heavy atom. The fourth-order valence-corrected chi connectivity index (χ4v) is 3.24. The van der Waals surface area contributed by atoms with Gasteiger partial charge >= 0.3 is 0 Å². The van der Waals surface area contributed by atoms with E-state index in [2.05, 4.69) is 35.5 Å². The second kappa shape index (κ2) is 4.79. The van der Waals surface area contributed by atoms with E-state index in [0.717, 1.165) is 12.5 Å². The van der Waals surface area contributed by atoms with Gasteiger partial charge in [0.25, 0.3) is 0 Å². The van der Waals surface area contributed by atoms with E-state index in [9.17, 15) is 0 Å². The molecule has 2 aliphatic heterocycles. The minimum Gasteiger partial charge on any atom is -0.316 e.